The lowest BCUT2D eigenvalue weighted by Crippen LogP contribution is -2.23. The molecule has 0 spiro atoms. The van der Waals surface area contributed by atoms with Crippen LogP contribution in [0.3, 0.4) is 0 Å². The summed E-state index contributed by atoms with van der Waals surface area (Å²) in [5, 5.41) is 6.91. The average Bonchev–Trinajstić information content (AvgIpc) is 2.86. The van der Waals surface area contributed by atoms with E-state index in [1.807, 2.05) is 13.8 Å². The average molecular weight is 273 g/mol. The highest BCUT2D eigenvalue weighted by molar-refractivity contribution is 5.94. The van der Waals surface area contributed by atoms with Crippen molar-refractivity contribution in [3.05, 3.63) is 46.8 Å². The maximum Gasteiger partial charge on any atom is 0.251 e. The lowest BCUT2D eigenvalue weighted by molar-refractivity contribution is 0.0950. The maximum atomic E-state index is 12.1. The van der Waals surface area contributed by atoms with E-state index in [-0.39, 0.29) is 5.91 Å². The number of carbonyl (C=O) groups is 1. The molecule has 0 aliphatic heterocycles. The number of hydrogen-bond acceptors (Lipinski definition) is 4. The minimum absolute atomic E-state index is 0.150. The summed E-state index contributed by atoms with van der Waals surface area (Å²) in [6, 6.07) is 6.91. The Hall–Kier alpha value is -2.30. The number of carbonyl (C=O) groups excluding carboxylic acids is 1. The number of nitrogens with one attached hydrogen (secondary N) is 1. The summed E-state index contributed by atoms with van der Waals surface area (Å²) in [5.41, 5.74) is 8.68. The Labute approximate surface area is 118 Å². The van der Waals surface area contributed by atoms with Gasteiger partial charge in [-0.3, -0.25) is 4.79 Å². The number of anilines is 1. The molecular formula is C15H19N3O2. The first-order valence-electron chi connectivity index (χ1n) is 6.75. The summed E-state index contributed by atoms with van der Waals surface area (Å²) in [4.78, 5) is 12.1. The van der Waals surface area contributed by atoms with Gasteiger partial charge in [0.15, 0.2) is 0 Å². The van der Waals surface area contributed by atoms with Gasteiger partial charge in [-0.2, -0.15) is 0 Å². The largest absolute Gasteiger partial charge is 0.399 e. The van der Waals surface area contributed by atoms with E-state index in [9.17, 15) is 4.79 Å². The van der Waals surface area contributed by atoms with Crippen molar-refractivity contribution in [2.24, 2.45) is 0 Å². The van der Waals surface area contributed by atoms with E-state index in [1.165, 1.54) is 0 Å². The van der Waals surface area contributed by atoms with Gasteiger partial charge in [-0.25, -0.2) is 0 Å². The molecule has 0 fully saturated rings. The van der Waals surface area contributed by atoms with Crippen LogP contribution in [-0.2, 0) is 19.4 Å². The number of nitrogens with zero attached hydrogens (tertiary/aromatic N) is 1. The summed E-state index contributed by atoms with van der Waals surface area (Å²) >= 11 is 0. The summed E-state index contributed by atoms with van der Waals surface area (Å²) in [6.07, 6.45) is 1.55. The molecule has 5 heteroatoms. The Kier molecular flexibility index (Phi) is 4.40. The second-order valence-electron chi connectivity index (χ2n) is 4.55. The van der Waals surface area contributed by atoms with E-state index in [1.54, 1.807) is 24.3 Å². The van der Waals surface area contributed by atoms with Gasteiger partial charge in [-0.1, -0.05) is 25.1 Å². The molecule has 1 heterocycles. The summed E-state index contributed by atoms with van der Waals surface area (Å²) < 4.78 is 5.27. The summed E-state index contributed by atoms with van der Waals surface area (Å²) in [6.45, 7) is 4.44. The standard InChI is InChI=1S/C15H19N3O2/c1-3-13-12(14(4-2)20-18-13)9-17-15(19)10-6-5-7-11(16)8-10/h5-8H,3-4,9,16H2,1-2H3,(H,17,19). The van der Waals surface area contributed by atoms with Crippen molar-refractivity contribution < 1.29 is 9.32 Å². The fraction of sp³-hybridized carbons (Fsp3) is 0.333. The fourth-order valence-electron chi connectivity index (χ4n) is 2.09. The quantitative estimate of drug-likeness (QED) is 0.819. The number of amides is 1. The van der Waals surface area contributed by atoms with Crippen LogP contribution >= 0.6 is 0 Å². The molecule has 0 saturated heterocycles. The summed E-state index contributed by atoms with van der Waals surface area (Å²) in [7, 11) is 0. The number of nitrogens with two attached hydrogens (primary N) is 1. The molecule has 1 aromatic carbocycles. The van der Waals surface area contributed by atoms with Crippen molar-refractivity contribution in [2.45, 2.75) is 33.2 Å². The third kappa shape index (κ3) is 2.99. The molecule has 1 aromatic heterocycles. The zero-order valence-corrected chi connectivity index (χ0v) is 11.8. The van der Waals surface area contributed by atoms with Gasteiger partial charge in [0, 0.05) is 29.8 Å². The van der Waals surface area contributed by atoms with Gasteiger partial charge < -0.3 is 15.6 Å². The first kappa shape index (κ1) is 14.1. The molecule has 5 nitrogen and oxygen atoms in total. The van der Waals surface area contributed by atoms with Crippen LogP contribution in [0.15, 0.2) is 28.8 Å². The Morgan fingerprint density at radius 2 is 2.15 bits per heavy atom. The highest BCUT2D eigenvalue weighted by atomic mass is 16.5. The molecule has 0 saturated carbocycles. The van der Waals surface area contributed by atoms with Gasteiger partial charge in [0.25, 0.3) is 5.91 Å². The second kappa shape index (κ2) is 6.23. The van der Waals surface area contributed by atoms with Crippen molar-refractivity contribution in [2.75, 3.05) is 5.73 Å². The predicted octanol–water partition coefficient (Wildman–Crippen LogP) is 2.31. The normalized spacial score (nSPS) is 10.5. The predicted molar refractivity (Wildman–Crippen MR) is 77.3 cm³/mol. The molecule has 0 aliphatic carbocycles. The van der Waals surface area contributed by atoms with E-state index < -0.39 is 0 Å². The molecule has 20 heavy (non-hydrogen) atoms. The fourth-order valence-corrected chi connectivity index (χ4v) is 2.09. The Morgan fingerprint density at radius 1 is 1.35 bits per heavy atom. The first-order chi connectivity index (χ1) is 9.65. The van der Waals surface area contributed by atoms with Crippen molar-refractivity contribution in [1.82, 2.24) is 10.5 Å². The molecule has 0 unspecified atom stereocenters. The molecule has 106 valence electrons. The molecule has 0 aliphatic rings. The highest BCUT2D eigenvalue weighted by Crippen LogP contribution is 2.16. The smallest absolute Gasteiger partial charge is 0.251 e. The van der Waals surface area contributed by atoms with Crippen molar-refractivity contribution in [3.8, 4) is 0 Å². The van der Waals surface area contributed by atoms with Gasteiger partial charge >= 0.3 is 0 Å². The molecule has 0 radical (unpaired) electrons. The van der Waals surface area contributed by atoms with E-state index in [0.29, 0.717) is 17.8 Å². The van der Waals surface area contributed by atoms with Crippen molar-refractivity contribution in [1.29, 1.82) is 0 Å². The Balaban J connectivity index is 2.09. The Morgan fingerprint density at radius 3 is 2.80 bits per heavy atom. The topological polar surface area (TPSA) is 81.2 Å². The number of rotatable bonds is 5. The van der Waals surface area contributed by atoms with Crippen LogP contribution in [0, 0.1) is 0 Å². The monoisotopic (exact) mass is 273 g/mol. The van der Waals surface area contributed by atoms with Crippen LogP contribution < -0.4 is 11.1 Å². The number of aryl methyl sites for hydroxylation is 2. The van der Waals surface area contributed by atoms with Gasteiger partial charge in [-0.05, 0) is 24.6 Å². The van der Waals surface area contributed by atoms with Crippen LogP contribution in [0.5, 0.6) is 0 Å². The van der Waals surface area contributed by atoms with E-state index in [4.69, 9.17) is 10.3 Å². The highest BCUT2D eigenvalue weighted by Gasteiger charge is 2.14. The molecule has 1 amide bonds. The SMILES string of the molecule is CCc1noc(CC)c1CNC(=O)c1cccc(N)c1. The van der Waals surface area contributed by atoms with Crippen LogP contribution in [-0.4, -0.2) is 11.1 Å². The molecule has 0 atom stereocenters. The number of nitrogen functional groups attached to an aromatic ring is 1. The third-order valence-electron chi connectivity index (χ3n) is 3.18. The van der Waals surface area contributed by atoms with Crippen molar-refractivity contribution >= 4 is 11.6 Å². The van der Waals surface area contributed by atoms with Crippen LogP contribution in [0.4, 0.5) is 5.69 Å². The van der Waals surface area contributed by atoms with E-state index in [0.717, 1.165) is 29.9 Å². The third-order valence-corrected chi connectivity index (χ3v) is 3.18. The summed E-state index contributed by atoms with van der Waals surface area (Å²) in [5.74, 6) is 0.678. The molecule has 0 bridgehead atoms. The van der Waals surface area contributed by atoms with E-state index in [2.05, 4.69) is 10.5 Å². The Bertz CT molecular complexity index is 583. The molecular weight excluding hydrogens is 254 g/mol. The second-order valence-corrected chi connectivity index (χ2v) is 4.55. The van der Waals surface area contributed by atoms with Gasteiger partial charge in [0.1, 0.15) is 5.76 Å². The van der Waals surface area contributed by atoms with Gasteiger partial charge in [0.2, 0.25) is 0 Å². The maximum absolute atomic E-state index is 12.1. The van der Waals surface area contributed by atoms with Crippen LogP contribution in [0.25, 0.3) is 0 Å². The molecule has 2 aromatic rings. The van der Waals surface area contributed by atoms with Gasteiger partial charge in [0.05, 0.1) is 5.69 Å². The zero-order valence-electron chi connectivity index (χ0n) is 11.8. The van der Waals surface area contributed by atoms with Gasteiger partial charge in [-0.15, -0.1) is 0 Å². The first-order valence-corrected chi connectivity index (χ1v) is 6.75. The number of benzene rings is 1. The molecule has 3 N–H and O–H groups in total. The molecule has 2 rings (SSSR count). The minimum atomic E-state index is -0.150. The van der Waals surface area contributed by atoms with Crippen LogP contribution in [0.1, 0.15) is 41.2 Å². The lowest BCUT2D eigenvalue weighted by atomic mass is 10.1. The van der Waals surface area contributed by atoms with Crippen LogP contribution in [0.2, 0.25) is 0 Å². The number of hydrogen-bond donors (Lipinski definition) is 2. The zero-order chi connectivity index (χ0) is 14.5. The number of aromatic nitrogens is 1. The van der Waals surface area contributed by atoms with Crippen molar-refractivity contribution in [3.63, 3.8) is 0 Å². The minimum Gasteiger partial charge on any atom is -0.399 e. The van der Waals surface area contributed by atoms with E-state index >= 15 is 0 Å². The lowest BCUT2D eigenvalue weighted by Gasteiger charge is -2.06.